The summed E-state index contributed by atoms with van der Waals surface area (Å²) in [5, 5.41) is 5.67. The van der Waals surface area contributed by atoms with Crippen LogP contribution in [0.5, 0.6) is 0 Å². The molecule has 1 amide bonds. The van der Waals surface area contributed by atoms with Gasteiger partial charge in [0, 0.05) is 7.05 Å². The SMILES string of the molecule is CNC(=O)C(C)S(N)(=O)=O. The third kappa shape index (κ3) is 2.32. The van der Waals surface area contributed by atoms with E-state index >= 15 is 0 Å². The molecule has 0 rings (SSSR count). The molecule has 3 N–H and O–H groups in total. The topological polar surface area (TPSA) is 89.3 Å². The number of primary sulfonamides is 1. The number of hydrogen-bond donors (Lipinski definition) is 2. The number of nitrogens with one attached hydrogen (secondary N) is 1. The van der Waals surface area contributed by atoms with Crippen LogP contribution in [0.4, 0.5) is 0 Å². The molecule has 0 aliphatic carbocycles. The van der Waals surface area contributed by atoms with Crippen LogP contribution in [-0.4, -0.2) is 26.6 Å². The summed E-state index contributed by atoms with van der Waals surface area (Å²) in [4.78, 5) is 10.6. The predicted octanol–water partition coefficient (Wildman–Crippen LogP) is -1.59. The number of rotatable bonds is 2. The van der Waals surface area contributed by atoms with Gasteiger partial charge in [0.05, 0.1) is 0 Å². The van der Waals surface area contributed by atoms with Crippen LogP contribution in [0.3, 0.4) is 0 Å². The van der Waals surface area contributed by atoms with E-state index in [1.54, 1.807) is 0 Å². The fourth-order valence-corrected chi connectivity index (χ4v) is 0.769. The van der Waals surface area contributed by atoms with E-state index in [4.69, 9.17) is 0 Å². The lowest BCUT2D eigenvalue weighted by Gasteiger charge is -2.05. The second-order valence-corrected chi connectivity index (χ2v) is 3.73. The van der Waals surface area contributed by atoms with E-state index < -0.39 is 21.2 Å². The zero-order valence-electron chi connectivity index (χ0n) is 5.79. The summed E-state index contributed by atoms with van der Waals surface area (Å²) in [6, 6.07) is 0. The molecule has 1 unspecified atom stereocenters. The number of amides is 1. The highest BCUT2D eigenvalue weighted by Crippen LogP contribution is 1.92. The molecule has 0 fully saturated rings. The van der Waals surface area contributed by atoms with E-state index in [2.05, 4.69) is 10.5 Å². The van der Waals surface area contributed by atoms with Gasteiger partial charge in [-0.1, -0.05) is 0 Å². The lowest BCUT2D eigenvalue weighted by atomic mass is 10.4. The molecule has 0 aliphatic heterocycles. The van der Waals surface area contributed by atoms with Crippen molar-refractivity contribution in [1.82, 2.24) is 5.32 Å². The molecule has 0 saturated carbocycles. The molecule has 0 radical (unpaired) electrons. The molecule has 1 atom stereocenters. The minimum Gasteiger partial charge on any atom is -0.358 e. The molecule has 0 saturated heterocycles. The van der Waals surface area contributed by atoms with E-state index in [0.29, 0.717) is 0 Å². The Kier molecular flexibility index (Phi) is 2.79. The predicted molar refractivity (Wildman–Crippen MR) is 36.6 cm³/mol. The molecular weight excluding hydrogens is 156 g/mol. The molecule has 0 heterocycles. The number of hydrogen-bond acceptors (Lipinski definition) is 3. The maximum atomic E-state index is 10.6. The maximum absolute atomic E-state index is 10.6. The van der Waals surface area contributed by atoms with Gasteiger partial charge in [-0.15, -0.1) is 0 Å². The fourth-order valence-electron chi connectivity index (χ4n) is 0.352. The quantitative estimate of drug-likeness (QED) is 0.518. The van der Waals surface area contributed by atoms with Crippen LogP contribution < -0.4 is 10.5 Å². The summed E-state index contributed by atoms with van der Waals surface area (Å²) in [6.45, 7) is 1.23. The van der Waals surface area contributed by atoms with Crippen molar-refractivity contribution in [3.05, 3.63) is 0 Å². The van der Waals surface area contributed by atoms with Gasteiger partial charge in [-0.05, 0) is 6.92 Å². The van der Waals surface area contributed by atoms with Crippen LogP contribution >= 0.6 is 0 Å². The lowest BCUT2D eigenvalue weighted by molar-refractivity contribution is -0.119. The van der Waals surface area contributed by atoms with Crippen molar-refractivity contribution >= 4 is 15.9 Å². The minimum atomic E-state index is -3.73. The molecule has 5 nitrogen and oxygen atoms in total. The Morgan fingerprint density at radius 1 is 1.60 bits per heavy atom. The third-order valence-electron chi connectivity index (χ3n) is 1.11. The first-order valence-electron chi connectivity index (χ1n) is 2.62. The van der Waals surface area contributed by atoms with Crippen molar-refractivity contribution < 1.29 is 13.2 Å². The van der Waals surface area contributed by atoms with E-state index in [9.17, 15) is 13.2 Å². The molecule has 0 aromatic heterocycles. The van der Waals surface area contributed by atoms with Crippen LogP contribution in [0.1, 0.15) is 6.92 Å². The smallest absolute Gasteiger partial charge is 0.239 e. The van der Waals surface area contributed by atoms with Crippen LogP contribution in [0.15, 0.2) is 0 Å². The fraction of sp³-hybridized carbons (Fsp3) is 0.750. The maximum Gasteiger partial charge on any atom is 0.239 e. The summed E-state index contributed by atoms with van der Waals surface area (Å²) >= 11 is 0. The zero-order chi connectivity index (χ0) is 8.36. The van der Waals surface area contributed by atoms with Crippen LogP contribution in [0.2, 0.25) is 0 Å². The standard InChI is InChI=1S/C4H10N2O3S/c1-3(4(7)6-2)10(5,8)9/h3H,1-2H3,(H,6,7)(H2,5,8,9). The average Bonchev–Trinajstić information content (AvgIpc) is 1.83. The molecule has 10 heavy (non-hydrogen) atoms. The van der Waals surface area contributed by atoms with E-state index in [1.807, 2.05) is 0 Å². The normalized spacial score (nSPS) is 14.3. The van der Waals surface area contributed by atoms with Gasteiger partial charge >= 0.3 is 0 Å². The molecule has 0 aliphatic rings. The Labute approximate surface area is 59.6 Å². The van der Waals surface area contributed by atoms with Gasteiger partial charge in [0.15, 0.2) is 5.25 Å². The summed E-state index contributed by atoms with van der Waals surface area (Å²) in [6.07, 6.45) is 0. The van der Waals surface area contributed by atoms with Gasteiger partial charge in [0.2, 0.25) is 15.9 Å². The van der Waals surface area contributed by atoms with Gasteiger partial charge < -0.3 is 5.32 Å². The van der Waals surface area contributed by atoms with Gasteiger partial charge in [0.25, 0.3) is 0 Å². The number of carbonyl (C=O) groups excluding carboxylic acids is 1. The van der Waals surface area contributed by atoms with Crippen LogP contribution in [-0.2, 0) is 14.8 Å². The van der Waals surface area contributed by atoms with Gasteiger partial charge in [0.1, 0.15) is 0 Å². The molecule has 6 heteroatoms. The minimum absolute atomic E-state index is 0.595. The zero-order valence-corrected chi connectivity index (χ0v) is 6.60. The van der Waals surface area contributed by atoms with Crippen molar-refractivity contribution in [3.8, 4) is 0 Å². The summed E-state index contributed by atoms with van der Waals surface area (Å²) in [5.41, 5.74) is 0. The number of carbonyl (C=O) groups is 1. The molecule has 0 bridgehead atoms. The van der Waals surface area contributed by atoms with E-state index in [0.717, 1.165) is 0 Å². The lowest BCUT2D eigenvalue weighted by Crippen LogP contribution is -2.39. The molecule has 0 spiro atoms. The Hall–Kier alpha value is -0.620. The average molecular weight is 166 g/mol. The Morgan fingerprint density at radius 2 is 2.00 bits per heavy atom. The largest absolute Gasteiger partial charge is 0.358 e. The Bertz CT molecular complexity index is 221. The third-order valence-corrected chi connectivity index (χ3v) is 2.31. The summed E-state index contributed by atoms with van der Waals surface area (Å²) in [7, 11) is -2.38. The summed E-state index contributed by atoms with van der Waals surface area (Å²) in [5.74, 6) is -0.595. The Morgan fingerprint density at radius 3 is 2.10 bits per heavy atom. The van der Waals surface area contributed by atoms with Crippen LogP contribution in [0, 0.1) is 0 Å². The van der Waals surface area contributed by atoms with Gasteiger partial charge in [-0.2, -0.15) is 0 Å². The van der Waals surface area contributed by atoms with Crippen LogP contribution in [0.25, 0.3) is 0 Å². The second kappa shape index (κ2) is 2.98. The molecule has 0 aromatic carbocycles. The number of nitrogens with two attached hydrogens (primary N) is 1. The first kappa shape index (κ1) is 9.38. The van der Waals surface area contributed by atoms with Crippen molar-refractivity contribution in [1.29, 1.82) is 0 Å². The van der Waals surface area contributed by atoms with E-state index in [1.165, 1.54) is 14.0 Å². The van der Waals surface area contributed by atoms with Gasteiger partial charge in [-0.25, -0.2) is 13.6 Å². The highest BCUT2D eigenvalue weighted by Gasteiger charge is 2.22. The monoisotopic (exact) mass is 166 g/mol. The molecule has 60 valence electrons. The highest BCUT2D eigenvalue weighted by molar-refractivity contribution is 7.90. The molecular formula is C4H10N2O3S. The number of sulfonamides is 1. The van der Waals surface area contributed by atoms with Gasteiger partial charge in [-0.3, -0.25) is 4.79 Å². The van der Waals surface area contributed by atoms with E-state index in [-0.39, 0.29) is 0 Å². The van der Waals surface area contributed by atoms with Crippen molar-refractivity contribution in [2.24, 2.45) is 5.14 Å². The van der Waals surface area contributed by atoms with Crippen molar-refractivity contribution in [2.75, 3.05) is 7.05 Å². The van der Waals surface area contributed by atoms with Crippen molar-refractivity contribution in [2.45, 2.75) is 12.2 Å². The second-order valence-electron chi connectivity index (χ2n) is 1.85. The first-order chi connectivity index (χ1) is 4.39. The Balaban J connectivity index is 4.39. The summed E-state index contributed by atoms with van der Waals surface area (Å²) < 4.78 is 20.9. The first-order valence-corrected chi connectivity index (χ1v) is 4.23. The molecule has 0 aromatic rings. The van der Waals surface area contributed by atoms with Crippen molar-refractivity contribution in [3.63, 3.8) is 0 Å². The highest BCUT2D eigenvalue weighted by atomic mass is 32.2.